The normalized spacial score (nSPS) is 20.1. The summed E-state index contributed by atoms with van der Waals surface area (Å²) in [7, 11) is 0. The van der Waals surface area contributed by atoms with E-state index in [-0.39, 0.29) is 45.2 Å². The van der Waals surface area contributed by atoms with Gasteiger partial charge in [-0.2, -0.15) is 0 Å². The number of hydrogen-bond acceptors (Lipinski definition) is 9. The van der Waals surface area contributed by atoms with Gasteiger partial charge in [-0.25, -0.2) is 4.98 Å². The molecule has 62 heavy (non-hydrogen) atoms. The van der Waals surface area contributed by atoms with Gasteiger partial charge in [0.1, 0.15) is 24.2 Å². The number of benzene rings is 3. The zero-order chi connectivity index (χ0) is 44.0. The number of amides is 8. The van der Waals surface area contributed by atoms with Gasteiger partial charge in [0.05, 0.1) is 25.1 Å². The highest BCUT2D eigenvalue weighted by Crippen LogP contribution is 2.20. The number of rotatable bonds is 9. The molecule has 0 radical (unpaired) electrons. The number of aromatic amines is 2. The molecule has 0 saturated carbocycles. The summed E-state index contributed by atoms with van der Waals surface area (Å²) in [6.45, 7) is 0.192. The summed E-state index contributed by atoms with van der Waals surface area (Å²) in [6, 6.07) is 15.6. The second kappa shape index (κ2) is 21.1. The molecular formula is C43H49N11O8. The van der Waals surface area contributed by atoms with Crippen molar-refractivity contribution < 1.29 is 38.4 Å². The van der Waals surface area contributed by atoms with Crippen molar-refractivity contribution >= 4 is 68.9 Å². The van der Waals surface area contributed by atoms with Crippen LogP contribution in [0.25, 0.3) is 21.7 Å². The third kappa shape index (κ3) is 12.5. The molecule has 1 fully saturated rings. The predicted octanol–water partition coefficient (Wildman–Crippen LogP) is -0.710. The second-order valence-electron chi connectivity index (χ2n) is 14.9. The van der Waals surface area contributed by atoms with Gasteiger partial charge < -0.3 is 52.5 Å². The number of para-hydroxylation sites is 1. The van der Waals surface area contributed by atoms with E-state index in [0.29, 0.717) is 11.3 Å². The van der Waals surface area contributed by atoms with Crippen molar-refractivity contribution in [2.24, 2.45) is 0 Å². The second-order valence-corrected chi connectivity index (χ2v) is 14.9. The number of hydrogen-bond donors (Lipinski definition) is 10. The van der Waals surface area contributed by atoms with E-state index in [2.05, 4.69) is 57.5 Å². The Labute approximate surface area is 355 Å². The minimum absolute atomic E-state index is 0.00928. The summed E-state index contributed by atoms with van der Waals surface area (Å²) in [5.74, 6) is -5.25. The van der Waals surface area contributed by atoms with Crippen molar-refractivity contribution in [3.8, 4) is 0 Å². The van der Waals surface area contributed by atoms with E-state index in [1.807, 2.05) is 66.7 Å². The molecule has 6 rings (SSSR count). The predicted molar refractivity (Wildman–Crippen MR) is 227 cm³/mol. The van der Waals surface area contributed by atoms with Crippen LogP contribution in [-0.2, 0) is 57.6 Å². The van der Waals surface area contributed by atoms with Crippen LogP contribution in [-0.4, -0.2) is 113 Å². The summed E-state index contributed by atoms with van der Waals surface area (Å²) in [5, 5.41) is 23.7. The van der Waals surface area contributed by atoms with Crippen LogP contribution in [0.4, 0.5) is 0 Å². The van der Waals surface area contributed by atoms with E-state index in [9.17, 15) is 38.4 Å². The smallest absolute Gasteiger partial charge is 0.243 e. The van der Waals surface area contributed by atoms with Crippen LogP contribution in [0.1, 0.15) is 36.6 Å². The maximum Gasteiger partial charge on any atom is 0.243 e. The van der Waals surface area contributed by atoms with Crippen molar-refractivity contribution in [1.82, 2.24) is 57.5 Å². The Hall–Kier alpha value is -7.57. The Morgan fingerprint density at radius 3 is 2.21 bits per heavy atom. The number of carbonyl (C=O) groups is 8. The van der Waals surface area contributed by atoms with Gasteiger partial charge in [-0.3, -0.25) is 38.4 Å². The molecule has 1 aliphatic heterocycles. The zero-order valence-corrected chi connectivity index (χ0v) is 34.0. The third-order valence-corrected chi connectivity index (χ3v) is 10.2. The van der Waals surface area contributed by atoms with Crippen molar-refractivity contribution in [3.05, 3.63) is 102 Å². The fourth-order valence-electron chi connectivity index (χ4n) is 7.04. The van der Waals surface area contributed by atoms with Gasteiger partial charge in [0.25, 0.3) is 0 Å². The van der Waals surface area contributed by atoms with E-state index < -0.39 is 84.5 Å². The first kappa shape index (κ1) is 44.0. The van der Waals surface area contributed by atoms with Gasteiger partial charge in [-0.1, -0.05) is 60.7 Å². The summed E-state index contributed by atoms with van der Waals surface area (Å²) >= 11 is 0. The van der Waals surface area contributed by atoms with Gasteiger partial charge in [0.15, 0.2) is 0 Å². The SMILES string of the molecule is CC(=O)NCC(=O)N[C@H]1CCC(=O)NCCNC(=O)[C@@H](Cc2c[nH]c3ccccc23)NC(=O)CNC(=O)[C@@H](Cc2ccc3ccccc3c2)NC(=O)[C@H](Cc2c[nH]cn2)NC1=O. The fourth-order valence-corrected chi connectivity index (χ4v) is 7.04. The number of aromatic nitrogens is 3. The lowest BCUT2D eigenvalue weighted by atomic mass is 10.0. The molecule has 0 spiro atoms. The fraction of sp³-hybridized carbons (Fsp3) is 0.326. The Morgan fingerprint density at radius 1 is 0.710 bits per heavy atom. The van der Waals surface area contributed by atoms with Gasteiger partial charge in [-0.15, -0.1) is 0 Å². The van der Waals surface area contributed by atoms with Gasteiger partial charge in [0, 0.05) is 69.0 Å². The molecule has 0 aliphatic carbocycles. The Kier molecular flexibility index (Phi) is 15.0. The molecule has 4 atom stereocenters. The van der Waals surface area contributed by atoms with Crippen molar-refractivity contribution in [2.45, 2.75) is 63.2 Å². The summed E-state index contributed by atoms with van der Waals surface area (Å²) in [4.78, 5) is 117. The lowest BCUT2D eigenvalue weighted by molar-refractivity contribution is -0.134. The van der Waals surface area contributed by atoms with Gasteiger partial charge in [-0.05, 0) is 34.4 Å². The Morgan fingerprint density at radius 2 is 1.42 bits per heavy atom. The van der Waals surface area contributed by atoms with Crippen LogP contribution >= 0.6 is 0 Å². The molecule has 1 saturated heterocycles. The van der Waals surface area contributed by atoms with Crippen molar-refractivity contribution in [2.75, 3.05) is 26.2 Å². The number of nitrogens with one attached hydrogen (secondary N) is 10. The summed E-state index contributed by atoms with van der Waals surface area (Å²) in [6.07, 6.45) is 4.14. The number of imidazole rings is 1. The average Bonchev–Trinajstić information content (AvgIpc) is 3.94. The number of carbonyl (C=O) groups excluding carboxylic acids is 8. The van der Waals surface area contributed by atoms with E-state index in [0.717, 1.165) is 27.2 Å². The average molecular weight is 848 g/mol. The van der Waals surface area contributed by atoms with Crippen molar-refractivity contribution in [1.29, 1.82) is 0 Å². The molecular weight excluding hydrogens is 799 g/mol. The van der Waals surface area contributed by atoms with Gasteiger partial charge in [0.2, 0.25) is 47.3 Å². The molecule has 5 aromatic rings. The molecule has 19 heteroatoms. The molecule has 324 valence electrons. The molecule has 0 bridgehead atoms. The van der Waals surface area contributed by atoms with Crippen LogP contribution < -0.4 is 42.5 Å². The highest BCUT2D eigenvalue weighted by atomic mass is 16.2. The molecule has 3 aromatic carbocycles. The summed E-state index contributed by atoms with van der Waals surface area (Å²) in [5.41, 5.74) is 2.67. The first-order chi connectivity index (χ1) is 29.9. The van der Waals surface area contributed by atoms with Gasteiger partial charge >= 0.3 is 0 Å². The van der Waals surface area contributed by atoms with Crippen LogP contribution in [0.2, 0.25) is 0 Å². The molecule has 3 heterocycles. The number of H-pyrrole nitrogens is 2. The molecule has 1 aliphatic rings. The van der Waals surface area contributed by atoms with Crippen LogP contribution in [0.15, 0.2) is 85.5 Å². The molecule has 10 N–H and O–H groups in total. The maximum absolute atomic E-state index is 14.2. The molecule has 2 aromatic heterocycles. The standard InChI is InChI=1S/C43H49N11O8/c1-25(55)47-22-38(57)51-33-12-13-37(56)45-14-15-46-40(59)35(18-29-20-48-32-9-5-4-8-31(29)32)52-39(58)23-49-41(60)34(17-26-10-11-27-6-2-3-7-28(27)16-26)53-43(62)36(54-42(33)61)19-30-21-44-24-50-30/h2-11,16,20-21,24,33-36,48H,12-15,17-19,22-23H2,1H3,(H,44,50)(H,45,56)(H,46,59)(H,47,55)(H,49,60)(H,51,57)(H,52,58)(H,53,62)(H,54,61)/t33-,34+,35+,36-/m0/s1. The molecule has 19 nitrogen and oxygen atoms in total. The van der Waals surface area contributed by atoms with Crippen LogP contribution in [0.5, 0.6) is 0 Å². The number of nitrogens with zero attached hydrogens (tertiary/aromatic N) is 1. The lowest BCUT2D eigenvalue weighted by Crippen LogP contribution is -2.58. The zero-order valence-electron chi connectivity index (χ0n) is 34.0. The highest BCUT2D eigenvalue weighted by Gasteiger charge is 2.32. The van der Waals surface area contributed by atoms with E-state index in [1.165, 1.54) is 19.4 Å². The minimum atomic E-state index is -1.35. The first-order valence-electron chi connectivity index (χ1n) is 20.2. The Balaban J connectivity index is 1.29. The van der Waals surface area contributed by atoms with Crippen molar-refractivity contribution in [3.63, 3.8) is 0 Å². The molecule has 0 unspecified atom stereocenters. The summed E-state index contributed by atoms with van der Waals surface area (Å²) < 4.78 is 0. The lowest BCUT2D eigenvalue weighted by Gasteiger charge is -2.25. The Bertz CT molecular complexity index is 2430. The van der Waals surface area contributed by atoms with Crippen LogP contribution in [0, 0.1) is 0 Å². The maximum atomic E-state index is 14.2. The minimum Gasteiger partial charge on any atom is -0.361 e. The topological polar surface area (TPSA) is 277 Å². The van der Waals surface area contributed by atoms with E-state index in [4.69, 9.17) is 0 Å². The first-order valence-corrected chi connectivity index (χ1v) is 20.2. The van der Waals surface area contributed by atoms with E-state index >= 15 is 0 Å². The number of fused-ring (bicyclic) bond motifs is 2. The van der Waals surface area contributed by atoms with E-state index in [1.54, 1.807) is 6.20 Å². The largest absolute Gasteiger partial charge is 0.361 e. The molecule has 8 amide bonds. The quantitative estimate of drug-likeness (QED) is 0.0896. The third-order valence-electron chi connectivity index (χ3n) is 10.2. The van der Waals surface area contributed by atoms with Crippen LogP contribution in [0.3, 0.4) is 0 Å². The monoisotopic (exact) mass is 847 g/mol. The highest BCUT2D eigenvalue weighted by molar-refractivity contribution is 5.97.